The Bertz CT molecular complexity index is 365. The van der Waals surface area contributed by atoms with Gasteiger partial charge in [0.1, 0.15) is 0 Å². The lowest BCUT2D eigenvalue weighted by Gasteiger charge is -2.27. The highest BCUT2D eigenvalue weighted by Crippen LogP contribution is 2.06. The number of likely N-dealkylation sites (N-methyl/N-ethyl adjacent to an activating group) is 1. The topological polar surface area (TPSA) is 78.5 Å². The average molecular weight is 299 g/mol. The van der Waals surface area contributed by atoms with Gasteiger partial charge in [-0.05, 0) is 6.42 Å². The Morgan fingerprint density at radius 1 is 1.29 bits per heavy atom. The van der Waals surface area contributed by atoms with E-state index in [0.29, 0.717) is 12.1 Å². The van der Waals surface area contributed by atoms with Crippen molar-refractivity contribution in [1.29, 1.82) is 0 Å². The number of urea groups is 1. The Kier molecular flexibility index (Phi) is 13.4. The second-order valence-electron chi connectivity index (χ2n) is 3.74. The van der Waals surface area contributed by atoms with Crippen LogP contribution in [0.5, 0.6) is 0 Å². The second-order valence-corrected chi connectivity index (χ2v) is 3.74. The molecule has 21 heavy (non-hydrogen) atoms. The van der Waals surface area contributed by atoms with Gasteiger partial charge in [0.25, 0.3) is 0 Å². The Morgan fingerprint density at radius 2 is 1.86 bits per heavy atom. The van der Waals surface area contributed by atoms with E-state index in [1.807, 2.05) is 34.6 Å². The molecule has 0 aliphatic carbocycles. The number of amides is 4. The molecule has 1 aliphatic heterocycles. The van der Waals surface area contributed by atoms with Crippen LogP contribution in [-0.4, -0.2) is 42.9 Å². The molecule has 6 heteroatoms. The quantitative estimate of drug-likeness (QED) is 0.780. The first kappa shape index (κ1) is 21.4. The van der Waals surface area contributed by atoms with Crippen molar-refractivity contribution in [2.24, 2.45) is 0 Å². The fourth-order valence-electron chi connectivity index (χ4n) is 1.59. The van der Waals surface area contributed by atoms with E-state index in [2.05, 4.69) is 10.6 Å². The fraction of sp³-hybridized carbons (Fsp3) is 0.667. The SMILES string of the molecule is CC.CC.CC/C=C(/CN1CCC(=O)NC1=O)C(=O)NC. The van der Waals surface area contributed by atoms with Crippen LogP contribution in [0.15, 0.2) is 11.6 Å². The number of hydrogen-bond acceptors (Lipinski definition) is 3. The number of nitrogens with zero attached hydrogens (tertiary/aromatic N) is 1. The molecular formula is C15H29N3O3. The van der Waals surface area contributed by atoms with Gasteiger partial charge < -0.3 is 10.2 Å². The van der Waals surface area contributed by atoms with Gasteiger partial charge in [0.2, 0.25) is 11.8 Å². The molecule has 122 valence electrons. The van der Waals surface area contributed by atoms with Crippen molar-refractivity contribution < 1.29 is 14.4 Å². The normalized spacial score (nSPS) is 14.2. The third kappa shape index (κ3) is 8.12. The zero-order valence-electron chi connectivity index (χ0n) is 14.1. The monoisotopic (exact) mass is 299 g/mol. The average Bonchev–Trinajstić information content (AvgIpc) is 2.52. The molecular weight excluding hydrogens is 270 g/mol. The van der Waals surface area contributed by atoms with E-state index < -0.39 is 6.03 Å². The number of carbonyl (C=O) groups excluding carboxylic acids is 3. The van der Waals surface area contributed by atoms with Crippen LogP contribution in [0.4, 0.5) is 4.79 Å². The summed E-state index contributed by atoms with van der Waals surface area (Å²) in [6.07, 6.45) is 2.78. The van der Waals surface area contributed by atoms with Crippen molar-refractivity contribution in [2.45, 2.75) is 47.5 Å². The van der Waals surface area contributed by atoms with E-state index in [4.69, 9.17) is 0 Å². The summed E-state index contributed by atoms with van der Waals surface area (Å²) in [6.45, 7) is 10.5. The van der Waals surface area contributed by atoms with E-state index in [9.17, 15) is 14.4 Å². The molecule has 4 amide bonds. The summed E-state index contributed by atoms with van der Waals surface area (Å²) in [7, 11) is 1.55. The smallest absolute Gasteiger partial charge is 0.324 e. The van der Waals surface area contributed by atoms with Crippen LogP contribution in [0, 0.1) is 0 Å². The number of imide groups is 1. The first-order valence-electron chi connectivity index (χ1n) is 7.58. The van der Waals surface area contributed by atoms with Crippen LogP contribution < -0.4 is 10.6 Å². The molecule has 0 spiro atoms. The summed E-state index contributed by atoms with van der Waals surface area (Å²) < 4.78 is 0. The predicted octanol–water partition coefficient (Wildman–Crippen LogP) is 2.06. The Labute approximate surface area is 128 Å². The first-order valence-corrected chi connectivity index (χ1v) is 7.58. The third-order valence-corrected chi connectivity index (χ3v) is 2.47. The van der Waals surface area contributed by atoms with Gasteiger partial charge in [-0.3, -0.25) is 14.9 Å². The minimum atomic E-state index is -0.438. The van der Waals surface area contributed by atoms with Gasteiger partial charge in [0.15, 0.2) is 0 Å². The van der Waals surface area contributed by atoms with E-state index >= 15 is 0 Å². The lowest BCUT2D eigenvalue weighted by molar-refractivity contribution is -0.121. The molecule has 1 rings (SSSR count). The van der Waals surface area contributed by atoms with Gasteiger partial charge in [-0.2, -0.15) is 0 Å². The summed E-state index contributed by atoms with van der Waals surface area (Å²) >= 11 is 0. The minimum Gasteiger partial charge on any atom is -0.355 e. The van der Waals surface area contributed by atoms with E-state index in [-0.39, 0.29) is 24.8 Å². The van der Waals surface area contributed by atoms with Crippen LogP contribution in [-0.2, 0) is 9.59 Å². The Hall–Kier alpha value is -1.85. The molecule has 1 aliphatic rings. The maximum absolute atomic E-state index is 11.5. The number of hydrogen-bond donors (Lipinski definition) is 2. The summed E-state index contributed by atoms with van der Waals surface area (Å²) in [5, 5.41) is 4.75. The van der Waals surface area contributed by atoms with Gasteiger partial charge in [-0.15, -0.1) is 0 Å². The molecule has 0 unspecified atom stereocenters. The summed E-state index contributed by atoms with van der Waals surface area (Å²) in [5.41, 5.74) is 0.541. The largest absolute Gasteiger partial charge is 0.355 e. The highest BCUT2D eigenvalue weighted by Gasteiger charge is 2.24. The molecule has 0 bridgehead atoms. The molecule has 6 nitrogen and oxygen atoms in total. The number of rotatable bonds is 4. The molecule has 2 N–H and O–H groups in total. The van der Waals surface area contributed by atoms with E-state index in [1.54, 1.807) is 13.1 Å². The van der Waals surface area contributed by atoms with Crippen LogP contribution in [0.2, 0.25) is 0 Å². The summed E-state index contributed by atoms with van der Waals surface area (Å²) in [6, 6.07) is -0.438. The zero-order valence-corrected chi connectivity index (χ0v) is 14.1. The first-order chi connectivity index (χ1) is 10.1. The van der Waals surface area contributed by atoms with Crippen LogP contribution in [0.1, 0.15) is 47.5 Å². The maximum atomic E-state index is 11.5. The second kappa shape index (κ2) is 13.1. The van der Waals surface area contributed by atoms with E-state index in [1.165, 1.54) is 4.90 Å². The van der Waals surface area contributed by atoms with Gasteiger partial charge in [-0.1, -0.05) is 40.7 Å². The van der Waals surface area contributed by atoms with E-state index in [0.717, 1.165) is 6.42 Å². The fourth-order valence-corrected chi connectivity index (χ4v) is 1.59. The predicted molar refractivity (Wildman–Crippen MR) is 84.9 cm³/mol. The maximum Gasteiger partial charge on any atom is 0.324 e. The van der Waals surface area contributed by atoms with Crippen LogP contribution >= 0.6 is 0 Å². The van der Waals surface area contributed by atoms with Gasteiger partial charge >= 0.3 is 6.03 Å². The van der Waals surface area contributed by atoms with Crippen molar-refractivity contribution in [3.63, 3.8) is 0 Å². The lowest BCUT2D eigenvalue weighted by atomic mass is 10.1. The summed E-state index contributed by atoms with van der Waals surface area (Å²) in [4.78, 5) is 35.5. The molecule has 1 saturated heterocycles. The standard InChI is InChI=1S/C11H17N3O3.2C2H6/c1-3-4-8(10(16)12-2)7-14-6-5-9(15)13-11(14)17;2*1-2/h4H,3,5-7H2,1-2H3,(H,12,16)(H,13,15,17);2*1-2H3/b8-4-;;. The van der Waals surface area contributed by atoms with Gasteiger partial charge in [0.05, 0.1) is 6.54 Å². The number of nitrogens with one attached hydrogen (secondary N) is 2. The molecule has 1 heterocycles. The van der Waals surface area contributed by atoms with Crippen molar-refractivity contribution in [3.8, 4) is 0 Å². The van der Waals surface area contributed by atoms with Crippen molar-refractivity contribution in [2.75, 3.05) is 20.1 Å². The number of carbonyl (C=O) groups is 3. The molecule has 0 aromatic heterocycles. The molecule has 0 aromatic carbocycles. The molecule has 0 atom stereocenters. The van der Waals surface area contributed by atoms with Crippen molar-refractivity contribution in [3.05, 3.63) is 11.6 Å². The minimum absolute atomic E-state index is 0.198. The van der Waals surface area contributed by atoms with Gasteiger partial charge in [0, 0.05) is 25.6 Å². The molecule has 1 fully saturated rings. The lowest BCUT2D eigenvalue weighted by Crippen LogP contribution is -2.50. The summed E-state index contributed by atoms with van der Waals surface area (Å²) in [5.74, 6) is -0.469. The Morgan fingerprint density at radius 3 is 2.29 bits per heavy atom. The zero-order chi connectivity index (χ0) is 16.8. The highest BCUT2D eigenvalue weighted by atomic mass is 16.2. The van der Waals surface area contributed by atoms with Crippen molar-refractivity contribution in [1.82, 2.24) is 15.5 Å². The van der Waals surface area contributed by atoms with Gasteiger partial charge in [-0.25, -0.2) is 4.79 Å². The molecule has 0 radical (unpaired) electrons. The van der Waals surface area contributed by atoms with Crippen molar-refractivity contribution >= 4 is 17.8 Å². The number of allylic oxidation sites excluding steroid dienone is 1. The highest BCUT2D eigenvalue weighted by molar-refractivity contribution is 5.98. The Balaban J connectivity index is 0. The van der Waals surface area contributed by atoms with Crippen LogP contribution in [0.25, 0.3) is 0 Å². The molecule has 0 saturated carbocycles. The molecule has 0 aromatic rings. The van der Waals surface area contributed by atoms with Crippen LogP contribution in [0.3, 0.4) is 0 Å². The third-order valence-electron chi connectivity index (χ3n) is 2.47.